The third-order valence-electron chi connectivity index (χ3n) is 3.54. The molecule has 1 aromatic carbocycles. The van der Waals surface area contributed by atoms with Crippen LogP contribution in [0.15, 0.2) is 18.2 Å². The Morgan fingerprint density at radius 2 is 2.19 bits per heavy atom. The molecule has 0 saturated heterocycles. The summed E-state index contributed by atoms with van der Waals surface area (Å²) in [6.07, 6.45) is 3.93. The molecule has 2 heteroatoms. The van der Waals surface area contributed by atoms with Crippen LogP contribution in [0, 0.1) is 12.8 Å². The first-order chi connectivity index (χ1) is 7.69. The zero-order valence-corrected chi connectivity index (χ0v) is 10.3. The number of nitrogens with two attached hydrogens (primary N) is 1. The Labute approximate surface area is 98.2 Å². The summed E-state index contributed by atoms with van der Waals surface area (Å²) in [6.45, 7) is 5.08. The highest BCUT2D eigenvalue weighted by Gasteiger charge is 2.21. The number of benzene rings is 1. The molecule has 2 nitrogen and oxygen atoms in total. The summed E-state index contributed by atoms with van der Waals surface area (Å²) in [4.78, 5) is 0. The van der Waals surface area contributed by atoms with Crippen molar-refractivity contribution in [2.45, 2.75) is 45.7 Å². The summed E-state index contributed by atoms with van der Waals surface area (Å²) in [5, 5.41) is 3.65. The number of aryl methyl sites for hydroxylation is 1. The van der Waals surface area contributed by atoms with Crippen molar-refractivity contribution >= 4 is 5.69 Å². The molecule has 0 heterocycles. The van der Waals surface area contributed by atoms with Crippen LogP contribution in [0.2, 0.25) is 0 Å². The smallest absolute Gasteiger partial charge is 0.0390 e. The molecule has 3 N–H and O–H groups in total. The van der Waals surface area contributed by atoms with Crippen molar-refractivity contribution in [1.82, 2.24) is 0 Å². The molecule has 1 fully saturated rings. The zero-order chi connectivity index (χ0) is 11.5. The molecule has 1 aliphatic carbocycles. The molecule has 0 radical (unpaired) electrons. The van der Waals surface area contributed by atoms with Gasteiger partial charge in [0.25, 0.3) is 0 Å². The summed E-state index contributed by atoms with van der Waals surface area (Å²) in [6, 6.07) is 7.12. The Morgan fingerprint density at radius 1 is 1.38 bits per heavy atom. The SMILES string of the molecule is Cc1ccc(CN)c(NC2CCC(C)C2)c1. The minimum atomic E-state index is 0.616. The molecular formula is C14H22N2. The highest BCUT2D eigenvalue weighted by Crippen LogP contribution is 2.28. The second-order valence-electron chi connectivity index (χ2n) is 5.12. The molecule has 1 aliphatic rings. The Morgan fingerprint density at radius 3 is 2.81 bits per heavy atom. The van der Waals surface area contributed by atoms with Crippen molar-refractivity contribution in [1.29, 1.82) is 0 Å². The fourth-order valence-corrected chi connectivity index (χ4v) is 2.56. The fourth-order valence-electron chi connectivity index (χ4n) is 2.56. The highest BCUT2D eigenvalue weighted by molar-refractivity contribution is 5.53. The third-order valence-corrected chi connectivity index (χ3v) is 3.54. The van der Waals surface area contributed by atoms with Gasteiger partial charge in [-0.05, 0) is 49.3 Å². The van der Waals surface area contributed by atoms with Crippen LogP contribution in [-0.4, -0.2) is 6.04 Å². The topological polar surface area (TPSA) is 38.0 Å². The zero-order valence-electron chi connectivity index (χ0n) is 10.3. The van der Waals surface area contributed by atoms with Gasteiger partial charge in [0, 0.05) is 18.3 Å². The van der Waals surface area contributed by atoms with E-state index in [0.717, 1.165) is 5.92 Å². The van der Waals surface area contributed by atoms with E-state index in [-0.39, 0.29) is 0 Å². The molecule has 2 atom stereocenters. The Bertz CT molecular complexity index is 360. The summed E-state index contributed by atoms with van der Waals surface area (Å²) < 4.78 is 0. The summed E-state index contributed by atoms with van der Waals surface area (Å²) >= 11 is 0. The van der Waals surface area contributed by atoms with Crippen LogP contribution in [0.1, 0.15) is 37.3 Å². The second kappa shape index (κ2) is 4.88. The van der Waals surface area contributed by atoms with Crippen molar-refractivity contribution in [3.8, 4) is 0 Å². The fraction of sp³-hybridized carbons (Fsp3) is 0.571. The van der Waals surface area contributed by atoms with Crippen LogP contribution in [0.5, 0.6) is 0 Å². The van der Waals surface area contributed by atoms with Gasteiger partial charge in [0.05, 0.1) is 0 Å². The molecule has 0 spiro atoms. The van der Waals surface area contributed by atoms with Gasteiger partial charge < -0.3 is 11.1 Å². The first-order valence-electron chi connectivity index (χ1n) is 6.25. The predicted octanol–water partition coefficient (Wildman–Crippen LogP) is 3.05. The largest absolute Gasteiger partial charge is 0.382 e. The molecule has 0 aliphatic heterocycles. The highest BCUT2D eigenvalue weighted by atomic mass is 14.9. The van der Waals surface area contributed by atoms with E-state index in [1.54, 1.807) is 0 Å². The average molecular weight is 218 g/mol. The standard InChI is InChI=1S/C14H22N2/c1-10-4-6-13(7-10)16-14-8-11(2)3-5-12(14)9-15/h3,5,8,10,13,16H,4,6-7,9,15H2,1-2H3. The van der Waals surface area contributed by atoms with Crippen LogP contribution in [0.25, 0.3) is 0 Å². The molecule has 1 saturated carbocycles. The lowest BCUT2D eigenvalue weighted by atomic mass is 10.1. The van der Waals surface area contributed by atoms with Crippen molar-refractivity contribution in [2.24, 2.45) is 11.7 Å². The minimum Gasteiger partial charge on any atom is -0.382 e. The number of hydrogen-bond donors (Lipinski definition) is 2. The minimum absolute atomic E-state index is 0.616. The van der Waals surface area contributed by atoms with E-state index in [0.29, 0.717) is 12.6 Å². The van der Waals surface area contributed by atoms with Gasteiger partial charge in [0.1, 0.15) is 0 Å². The third kappa shape index (κ3) is 2.56. The molecule has 0 bridgehead atoms. The summed E-state index contributed by atoms with van der Waals surface area (Å²) in [5.41, 5.74) is 9.52. The lowest BCUT2D eigenvalue weighted by Crippen LogP contribution is -2.17. The summed E-state index contributed by atoms with van der Waals surface area (Å²) in [7, 11) is 0. The van der Waals surface area contributed by atoms with Crippen LogP contribution in [-0.2, 0) is 6.54 Å². The van der Waals surface area contributed by atoms with Crippen LogP contribution < -0.4 is 11.1 Å². The molecule has 16 heavy (non-hydrogen) atoms. The molecule has 2 unspecified atom stereocenters. The molecule has 1 aromatic rings. The van der Waals surface area contributed by atoms with Crippen LogP contribution in [0.3, 0.4) is 0 Å². The molecular weight excluding hydrogens is 196 g/mol. The van der Waals surface area contributed by atoms with Crippen LogP contribution >= 0.6 is 0 Å². The van der Waals surface area contributed by atoms with Gasteiger partial charge in [0.15, 0.2) is 0 Å². The maximum absolute atomic E-state index is 5.76. The van der Waals surface area contributed by atoms with Gasteiger partial charge >= 0.3 is 0 Å². The average Bonchev–Trinajstić information content (AvgIpc) is 2.64. The van der Waals surface area contributed by atoms with Gasteiger partial charge in [-0.15, -0.1) is 0 Å². The second-order valence-corrected chi connectivity index (χ2v) is 5.12. The number of nitrogens with one attached hydrogen (secondary N) is 1. The van der Waals surface area contributed by atoms with E-state index >= 15 is 0 Å². The lowest BCUT2D eigenvalue weighted by molar-refractivity contribution is 0.602. The maximum atomic E-state index is 5.76. The monoisotopic (exact) mass is 218 g/mol. The van der Waals surface area contributed by atoms with E-state index in [1.807, 2.05) is 0 Å². The summed E-state index contributed by atoms with van der Waals surface area (Å²) in [5.74, 6) is 0.864. The van der Waals surface area contributed by atoms with E-state index in [9.17, 15) is 0 Å². The molecule has 0 aromatic heterocycles. The predicted molar refractivity (Wildman–Crippen MR) is 69.5 cm³/mol. The first kappa shape index (κ1) is 11.5. The number of anilines is 1. The Balaban J connectivity index is 2.10. The van der Waals surface area contributed by atoms with Crippen molar-refractivity contribution in [3.63, 3.8) is 0 Å². The first-order valence-corrected chi connectivity index (χ1v) is 6.25. The molecule has 2 rings (SSSR count). The van der Waals surface area contributed by atoms with Gasteiger partial charge in [-0.25, -0.2) is 0 Å². The number of hydrogen-bond acceptors (Lipinski definition) is 2. The van der Waals surface area contributed by atoms with E-state index in [4.69, 9.17) is 5.73 Å². The normalized spacial score (nSPS) is 24.7. The maximum Gasteiger partial charge on any atom is 0.0390 e. The quantitative estimate of drug-likeness (QED) is 0.818. The Hall–Kier alpha value is -1.02. The van der Waals surface area contributed by atoms with Crippen molar-refractivity contribution in [3.05, 3.63) is 29.3 Å². The lowest BCUT2D eigenvalue weighted by Gasteiger charge is -2.17. The van der Waals surface area contributed by atoms with Gasteiger partial charge in [-0.2, -0.15) is 0 Å². The van der Waals surface area contributed by atoms with Gasteiger partial charge in [-0.1, -0.05) is 19.1 Å². The Kier molecular flexibility index (Phi) is 3.49. The number of rotatable bonds is 3. The van der Waals surface area contributed by atoms with Crippen molar-refractivity contribution < 1.29 is 0 Å². The van der Waals surface area contributed by atoms with Gasteiger partial charge in [-0.3, -0.25) is 0 Å². The van der Waals surface area contributed by atoms with Crippen molar-refractivity contribution in [2.75, 3.05) is 5.32 Å². The molecule has 88 valence electrons. The van der Waals surface area contributed by atoms with Crippen LogP contribution in [0.4, 0.5) is 5.69 Å². The molecule has 0 amide bonds. The van der Waals surface area contributed by atoms with E-state index < -0.39 is 0 Å². The van der Waals surface area contributed by atoms with Gasteiger partial charge in [0.2, 0.25) is 0 Å². The van der Waals surface area contributed by atoms with E-state index in [2.05, 4.69) is 37.4 Å². The van der Waals surface area contributed by atoms with E-state index in [1.165, 1.54) is 36.1 Å².